The van der Waals surface area contributed by atoms with Gasteiger partial charge in [0.2, 0.25) is 0 Å². The lowest BCUT2D eigenvalue weighted by molar-refractivity contribution is 0.148. The number of nitrogens with zero attached hydrogens (tertiary/aromatic N) is 2. The van der Waals surface area contributed by atoms with Gasteiger partial charge in [0.1, 0.15) is 0 Å². The number of nitrogens with one attached hydrogen (secondary N) is 1. The summed E-state index contributed by atoms with van der Waals surface area (Å²) in [5.41, 5.74) is 1.70. The van der Waals surface area contributed by atoms with Crippen LogP contribution in [-0.2, 0) is 0 Å². The number of urea groups is 1. The first-order valence-corrected chi connectivity index (χ1v) is 7.25. The van der Waals surface area contributed by atoms with Gasteiger partial charge < -0.3 is 10.2 Å². The summed E-state index contributed by atoms with van der Waals surface area (Å²) in [6.45, 7) is 2.81. The highest BCUT2D eigenvalue weighted by Gasteiger charge is 2.37. The van der Waals surface area contributed by atoms with Crippen LogP contribution in [0.3, 0.4) is 0 Å². The van der Waals surface area contributed by atoms with E-state index in [0.29, 0.717) is 6.04 Å². The molecule has 1 aromatic rings. The number of hydrogen-bond donors (Lipinski definition) is 1. The summed E-state index contributed by atoms with van der Waals surface area (Å²) in [7, 11) is 0. The van der Waals surface area contributed by atoms with E-state index in [1.807, 2.05) is 24.0 Å². The molecule has 2 amide bonds. The topological polar surface area (TPSA) is 45.2 Å². The average Bonchev–Trinajstić information content (AvgIpc) is 2.79. The van der Waals surface area contributed by atoms with Crippen LogP contribution in [0.2, 0.25) is 0 Å². The van der Waals surface area contributed by atoms with Gasteiger partial charge in [-0.2, -0.15) is 0 Å². The highest BCUT2D eigenvalue weighted by molar-refractivity contribution is 5.90. The third-order valence-corrected chi connectivity index (χ3v) is 4.50. The lowest BCUT2D eigenvalue weighted by Crippen LogP contribution is -2.44. The number of pyridine rings is 1. The van der Waals surface area contributed by atoms with Crippen molar-refractivity contribution in [2.75, 3.05) is 11.9 Å². The fourth-order valence-electron chi connectivity index (χ4n) is 3.16. The van der Waals surface area contributed by atoms with E-state index in [2.05, 4.69) is 10.3 Å². The van der Waals surface area contributed by atoms with Crippen LogP contribution in [0.25, 0.3) is 0 Å². The molecular formula is C15H21N3O. The molecular weight excluding hydrogens is 238 g/mol. The quantitative estimate of drug-likeness (QED) is 0.886. The van der Waals surface area contributed by atoms with Gasteiger partial charge >= 0.3 is 6.03 Å². The number of likely N-dealkylation sites (tertiary alicyclic amines) is 1. The predicted molar refractivity (Wildman–Crippen MR) is 75.1 cm³/mol. The van der Waals surface area contributed by atoms with Crippen LogP contribution in [-0.4, -0.2) is 28.5 Å². The number of aromatic nitrogens is 1. The monoisotopic (exact) mass is 259 g/mol. The molecule has 2 aliphatic rings. The summed E-state index contributed by atoms with van der Waals surface area (Å²) in [5, 5.41) is 3.01. The molecule has 2 fully saturated rings. The molecule has 0 aromatic carbocycles. The fraction of sp³-hybridized carbons (Fsp3) is 0.600. The summed E-state index contributed by atoms with van der Waals surface area (Å²) in [6.07, 6.45) is 7.97. The maximum absolute atomic E-state index is 12.4. The van der Waals surface area contributed by atoms with Crippen molar-refractivity contribution < 1.29 is 4.79 Å². The molecule has 3 rings (SSSR count). The molecule has 1 saturated carbocycles. The SMILES string of the molecule is Cc1ncccc1NC(=O)N1CCCC1C1CCC1. The van der Waals surface area contributed by atoms with Gasteiger partial charge in [0.15, 0.2) is 0 Å². The summed E-state index contributed by atoms with van der Waals surface area (Å²) >= 11 is 0. The van der Waals surface area contributed by atoms with Gasteiger partial charge in [-0.1, -0.05) is 6.42 Å². The Labute approximate surface area is 114 Å². The maximum Gasteiger partial charge on any atom is 0.322 e. The van der Waals surface area contributed by atoms with Crippen molar-refractivity contribution in [3.8, 4) is 0 Å². The van der Waals surface area contributed by atoms with Crippen LogP contribution in [0, 0.1) is 12.8 Å². The van der Waals surface area contributed by atoms with E-state index in [4.69, 9.17) is 0 Å². The highest BCUT2D eigenvalue weighted by Crippen LogP contribution is 2.37. The Morgan fingerprint density at radius 1 is 1.37 bits per heavy atom. The summed E-state index contributed by atoms with van der Waals surface area (Å²) < 4.78 is 0. The summed E-state index contributed by atoms with van der Waals surface area (Å²) in [4.78, 5) is 18.7. The second kappa shape index (κ2) is 5.19. The van der Waals surface area contributed by atoms with Crippen molar-refractivity contribution in [3.63, 3.8) is 0 Å². The minimum absolute atomic E-state index is 0.0468. The smallest absolute Gasteiger partial charge is 0.321 e. The van der Waals surface area contributed by atoms with Crippen LogP contribution in [0.15, 0.2) is 18.3 Å². The maximum atomic E-state index is 12.4. The number of aryl methyl sites for hydroxylation is 1. The molecule has 2 heterocycles. The Morgan fingerprint density at radius 3 is 2.89 bits per heavy atom. The van der Waals surface area contributed by atoms with E-state index in [9.17, 15) is 4.79 Å². The van der Waals surface area contributed by atoms with E-state index < -0.39 is 0 Å². The highest BCUT2D eigenvalue weighted by atomic mass is 16.2. The Kier molecular flexibility index (Phi) is 3.40. The number of anilines is 1. The van der Waals surface area contributed by atoms with Crippen molar-refractivity contribution in [1.29, 1.82) is 0 Å². The predicted octanol–water partition coefficient (Wildman–Crippen LogP) is 3.19. The molecule has 0 bridgehead atoms. The van der Waals surface area contributed by atoms with Gasteiger partial charge in [-0.15, -0.1) is 0 Å². The first-order chi connectivity index (χ1) is 9.25. The van der Waals surface area contributed by atoms with Gasteiger partial charge in [-0.25, -0.2) is 4.79 Å². The van der Waals surface area contributed by atoms with E-state index >= 15 is 0 Å². The van der Waals surface area contributed by atoms with E-state index in [1.54, 1.807) is 6.20 Å². The summed E-state index contributed by atoms with van der Waals surface area (Å²) in [6, 6.07) is 4.28. The number of rotatable bonds is 2. The van der Waals surface area contributed by atoms with Gasteiger partial charge in [0.05, 0.1) is 11.4 Å². The molecule has 102 valence electrons. The van der Waals surface area contributed by atoms with Crippen LogP contribution >= 0.6 is 0 Å². The minimum atomic E-state index is 0.0468. The third-order valence-electron chi connectivity index (χ3n) is 4.50. The number of hydrogen-bond acceptors (Lipinski definition) is 2. The molecule has 1 aromatic heterocycles. The van der Waals surface area contributed by atoms with Crippen molar-refractivity contribution in [2.45, 2.75) is 45.1 Å². The van der Waals surface area contributed by atoms with Gasteiger partial charge in [-0.3, -0.25) is 4.98 Å². The van der Waals surface area contributed by atoms with Gasteiger partial charge in [-0.05, 0) is 50.7 Å². The van der Waals surface area contributed by atoms with Crippen molar-refractivity contribution in [3.05, 3.63) is 24.0 Å². The van der Waals surface area contributed by atoms with E-state index in [1.165, 1.54) is 25.7 Å². The number of carbonyl (C=O) groups is 1. The molecule has 1 N–H and O–H groups in total. The first-order valence-electron chi connectivity index (χ1n) is 7.25. The molecule has 19 heavy (non-hydrogen) atoms. The van der Waals surface area contributed by atoms with Crippen molar-refractivity contribution in [1.82, 2.24) is 9.88 Å². The normalized spacial score (nSPS) is 23.2. The third kappa shape index (κ3) is 2.44. The molecule has 1 aliphatic carbocycles. The van der Waals surface area contributed by atoms with Gasteiger partial charge in [0, 0.05) is 18.8 Å². The summed E-state index contributed by atoms with van der Waals surface area (Å²) in [5.74, 6) is 0.739. The molecule has 1 saturated heterocycles. The van der Waals surface area contributed by atoms with E-state index in [0.717, 1.165) is 30.3 Å². The Hall–Kier alpha value is -1.58. The zero-order valence-corrected chi connectivity index (χ0v) is 11.4. The molecule has 0 spiro atoms. The zero-order chi connectivity index (χ0) is 13.2. The molecule has 1 aliphatic heterocycles. The molecule has 4 heteroatoms. The van der Waals surface area contributed by atoms with Crippen molar-refractivity contribution >= 4 is 11.7 Å². The Balaban J connectivity index is 1.68. The van der Waals surface area contributed by atoms with Crippen LogP contribution in [0.4, 0.5) is 10.5 Å². The lowest BCUT2D eigenvalue weighted by Gasteiger charge is -2.37. The molecule has 4 nitrogen and oxygen atoms in total. The number of amides is 2. The van der Waals surface area contributed by atoms with E-state index in [-0.39, 0.29) is 6.03 Å². The molecule has 0 radical (unpaired) electrons. The largest absolute Gasteiger partial charge is 0.322 e. The van der Waals surface area contributed by atoms with Crippen LogP contribution in [0.5, 0.6) is 0 Å². The molecule has 1 atom stereocenters. The van der Waals surface area contributed by atoms with Crippen LogP contribution in [0.1, 0.15) is 37.8 Å². The fourth-order valence-corrected chi connectivity index (χ4v) is 3.16. The standard InChI is InChI=1S/C15H21N3O/c1-11-13(7-3-9-16-11)17-15(19)18-10-4-8-14(18)12-5-2-6-12/h3,7,9,12,14H,2,4-6,8,10H2,1H3,(H,17,19). The zero-order valence-electron chi connectivity index (χ0n) is 11.4. The first kappa shape index (κ1) is 12.5. The second-order valence-electron chi connectivity index (χ2n) is 5.66. The molecule has 1 unspecified atom stereocenters. The second-order valence-corrected chi connectivity index (χ2v) is 5.66. The number of carbonyl (C=O) groups excluding carboxylic acids is 1. The lowest BCUT2D eigenvalue weighted by atomic mass is 9.79. The minimum Gasteiger partial charge on any atom is -0.321 e. The van der Waals surface area contributed by atoms with Crippen molar-refractivity contribution in [2.24, 2.45) is 5.92 Å². The Morgan fingerprint density at radius 2 is 2.21 bits per heavy atom. The average molecular weight is 259 g/mol. The van der Waals surface area contributed by atoms with Crippen LogP contribution < -0.4 is 5.32 Å². The Bertz CT molecular complexity index is 470. The van der Waals surface area contributed by atoms with Gasteiger partial charge in [0.25, 0.3) is 0 Å².